The fraction of sp³-hybridized carbons (Fsp3) is 0.481. The summed E-state index contributed by atoms with van der Waals surface area (Å²) in [6.45, 7) is 5.34. The fourth-order valence-corrected chi connectivity index (χ4v) is 5.03. The molecule has 2 amide bonds. The van der Waals surface area contributed by atoms with Gasteiger partial charge in [-0.25, -0.2) is 8.42 Å². The van der Waals surface area contributed by atoms with Crippen molar-refractivity contribution in [1.29, 1.82) is 0 Å². The number of halogens is 3. The van der Waals surface area contributed by atoms with Crippen LogP contribution in [0, 0.1) is 0 Å². The minimum Gasteiger partial charge on any atom is -0.497 e. The van der Waals surface area contributed by atoms with E-state index in [2.05, 4.69) is 5.32 Å². The zero-order valence-electron chi connectivity index (χ0n) is 22.8. The number of alkyl halides is 3. The summed E-state index contributed by atoms with van der Waals surface area (Å²) in [4.78, 5) is 27.8. The summed E-state index contributed by atoms with van der Waals surface area (Å²) in [5.41, 5.74) is -0.350. The first-order chi connectivity index (χ1) is 18.2. The number of hydrogen-bond donors (Lipinski definition) is 1. The van der Waals surface area contributed by atoms with Crippen molar-refractivity contribution in [1.82, 2.24) is 10.2 Å². The van der Waals surface area contributed by atoms with Crippen molar-refractivity contribution in [2.24, 2.45) is 0 Å². The van der Waals surface area contributed by atoms with Gasteiger partial charge in [0.05, 0.1) is 24.6 Å². The lowest BCUT2D eigenvalue weighted by Crippen LogP contribution is -2.50. The van der Waals surface area contributed by atoms with Crippen LogP contribution in [0.2, 0.25) is 0 Å². The highest BCUT2D eigenvalue weighted by atomic mass is 32.2. The lowest BCUT2D eigenvalue weighted by molar-refractivity contribution is -0.141. The van der Waals surface area contributed by atoms with Gasteiger partial charge in [0.15, 0.2) is 0 Å². The Morgan fingerprint density at radius 2 is 1.72 bits per heavy atom. The van der Waals surface area contributed by atoms with Crippen molar-refractivity contribution in [3.05, 3.63) is 59.7 Å². The molecular weight excluding hydrogens is 535 g/mol. The van der Waals surface area contributed by atoms with Crippen LogP contribution in [0.3, 0.4) is 0 Å². The van der Waals surface area contributed by atoms with E-state index in [1.807, 2.05) is 13.8 Å². The molecule has 0 saturated carbocycles. The summed E-state index contributed by atoms with van der Waals surface area (Å²) in [6.07, 6.45) is -3.48. The van der Waals surface area contributed by atoms with Crippen LogP contribution in [-0.4, -0.2) is 57.1 Å². The number of amides is 2. The number of methoxy groups -OCH3 is 1. The predicted octanol–water partition coefficient (Wildman–Crippen LogP) is 4.59. The number of nitrogens with one attached hydrogen (secondary N) is 1. The molecule has 1 unspecified atom stereocenters. The van der Waals surface area contributed by atoms with Gasteiger partial charge in [-0.2, -0.15) is 13.2 Å². The minimum absolute atomic E-state index is 0.0312. The molecule has 39 heavy (non-hydrogen) atoms. The number of benzene rings is 2. The first kappa shape index (κ1) is 31.9. The average molecular weight is 572 g/mol. The topological polar surface area (TPSA) is 96.0 Å². The Bertz CT molecular complexity index is 1220. The Morgan fingerprint density at radius 1 is 1.08 bits per heavy atom. The molecular formula is C27H36F3N3O5S. The lowest BCUT2D eigenvalue weighted by Gasteiger charge is -2.31. The monoisotopic (exact) mass is 571 g/mol. The van der Waals surface area contributed by atoms with E-state index in [9.17, 15) is 31.2 Å². The van der Waals surface area contributed by atoms with E-state index in [-0.39, 0.29) is 49.5 Å². The fourth-order valence-electron chi connectivity index (χ4n) is 4.07. The number of carbonyl (C=O) groups is 2. The second kappa shape index (κ2) is 13.7. The van der Waals surface area contributed by atoms with E-state index in [1.54, 1.807) is 31.2 Å². The van der Waals surface area contributed by atoms with Crippen molar-refractivity contribution >= 4 is 27.5 Å². The van der Waals surface area contributed by atoms with Gasteiger partial charge >= 0.3 is 6.18 Å². The molecule has 216 valence electrons. The summed E-state index contributed by atoms with van der Waals surface area (Å²) in [7, 11) is -2.40. The number of ether oxygens (including phenoxy) is 1. The van der Waals surface area contributed by atoms with E-state index >= 15 is 0 Å². The second-order valence-corrected chi connectivity index (χ2v) is 11.4. The van der Waals surface area contributed by atoms with E-state index in [0.29, 0.717) is 12.2 Å². The smallest absolute Gasteiger partial charge is 0.416 e. The summed E-state index contributed by atoms with van der Waals surface area (Å²) >= 11 is 0. The molecule has 8 nitrogen and oxygen atoms in total. The zero-order chi connectivity index (χ0) is 29.4. The number of carbonyl (C=O) groups excluding carboxylic acids is 2. The number of sulfonamides is 1. The van der Waals surface area contributed by atoms with Gasteiger partial charge in [0.1, 0.15) is 11.8 Å². The molecule has 2 rings (SSSR count). The van der Waals surface area contributed by atoms with Crippen LogP contribution in [0.25, 0.3) is 0 Å². The summed E-state index contributed by atoms with van der Waals surface area (Å²) in [5.74, 6) is -0.0539. The van der Waals surface area contributed by atoms with Gasteiger partial charge in [-0.3, -0.25) is 13.9 Å². The summed E-state index contributed by atoms with van der Waals surface area (Å²) in [5, 5.41) is 2.83. The molecule has 0 fully saturated rings. The van der Waals surface area contributed by atoms with Crippen LogP contribution in [0.5, 0.6) is 5.75 Å². The maximum atomic E-state index is 13.4. The number of nitrogens with zero attached hydrogens (tertiary/aromatic N) is 2. The van der Waals surface area contributed by atoms with E-state index in [0.717, 1.165) is 34.3 Å². The normalized spacial score (nSPS) is 12.6. The molecule has 0 aliphatic rings. The maximum absolute atomic E-state index is 13.4. The van der Waals surface area contributed by atoms with Gasteiger partial charge in [-0.1, -0.05) is 25.1 Å². The molecule has 0 spiro atoms. The first-order valence-electron chi connectivity index (χ1n) is 12.5. The SMILES string of the molecule is CCC(C(=O)NC(C)C)N(Cc1ccc(OC)cc1)C(=O)CCCN(c1cccc(C(F)(F)F)c1)S(C)(=O)=O. The number of rotatable bonds is 13. The van der Waals surface area contributed by atoms with E-state index < -0.39 is 27.8 Å². The molecule has 0 radical (unpaired) electrons. The molecule has 0 aliphatic heterocycles. The Kier molecular flexibility index (Phi) is 11.2. The second-order valence-electron chi connectivity index (χ2n) is 9.44. The Balaban J connectivity index is 2.26. The van der Waals surface area contributed by atoms with Crippen LogP contribution < -0.4 is 14.4 Å². The van der Waals surface area contributed by atoms with Gasteiger partial charge in [0.2, 0.25) is 21.8 Å². The highest BCUT2D eigenvalue weighted by Gasteiger charge is 2.32. The van der Waals surface area contributed by atoms with Crippen molar-refractivity contribution in [3.8, 4) is 5.75 Å². The van der Waals surface area contributed by atoms with Crippen molar-refractivity contribution in [3.63, 3.8) is 0 Å². The molecule has 0 saturated heterocycles. The summed E-state index contributed by atoms with van der Waals surface area (Å²) in [6, 6.07) is 10.2. The van der Waals surface area contributed by atoms with Gasteiger partial charge in [-0.15, -0.1) is 0 Å². The van der Waals surface area contributed by atoms with E-state index in [1.165, 1.54) is 18.1 Å². The predicted molar refractivity (Wildman–Crippen MR) is 144 cm³/mol. The zero-order valence-corrected chi connectivity index (χ0v) is 23.6. The Labute approximate surface area is 228 Å². The molecule has 0 bridgehead atoms. The van der Waals surface area contributed by atoms with Gasteiger partial charge in [0.25, 0.3) is 0 Å². The summed E-state index contributed by atoms with van der Waals surface area (Å²) < 4.78 is 70.5. The van der Waals surface area contributed by atoms with Crippen LogP contribution in [0.15, 0.2) is 48.5 Å². The number of anilines is 1. The Morgan fingerprint density at radius 3 is 2.23 bits per heavy atom. The average Bonchev–Trinajstić information content (AvgIpc) is 2.85. The third-order valence-electron chi connectivity index (χ3n) is 5.94. The molecule has 1 N–H and O–H groups in total. The minimum atomic E-state index is -4.64. The van der Waals surface area contributed by atoms with Gasteiger partial charge < -0.3 is 15.0 Å². The quantitative estimate of drug-likeness (QED) is 0.380. The largest absolute Gasteiger partial charge is 0.497 e. The highest BCUT2D eigenvalue weighted by molar-refractivity contribution is 7.92. The highest BCUT2D eigenvalue weighted by Crippen LogP contribution is 2.32. The van der Waals surface area contributed by atoms with Crippen molar-refractivity contribution < 1.29 is 35.9 Å². The van der Waals surface area contributed by atoms with Crippen molar-refractivity contribution in [2.75, 3.05) is 24.2 Å². The standard InChI is InChI=1S/C27H36F3N3O5S/c1-6-24(26(35)31-19(2)3)32(18-20-12-14-23(38-4)15-13-20)25(34)11-8-16-33(39(5,36)37)22-10-7-9-21(17-22)27(28,29)30/h7,9-10,12-15,17,19,24H,6,8,11,16,18H2,1-5H3,(H,31,35). The molecule has 2 aromatic carbocycles. The van der Waals surface area contributed by atoms with Crippen LogP contribution in [-0.2, 0) is 32.3 Å². The Hall–Kier alpha value is -3.28. The molecule has 1 atom stereocenters. The molecule has 0 aliphatic carbocycles. The van der Waals surface area contributed by atoms with Crippen LogP contribution in [0.4, 0.5) is 18.9 Å². The molecule has 2 aromatic rings. The number of hydrogen-bond acceptors (Lipinski definition) is 5. The van der Waals surface area contributed by atoms with Crippen molar-refractivity contribution in [2.45, 2.75) is 64.8 Å². The third kappa shape index (κ3) is 9.45. The van der Waals surface area contributed by atoms with Crippen LogP contribution in [0.1, 0.15) is 51.2 Å². The van der Waals surface area contributed by atoms with Crippen LogP contribution >= 0.6 is 0 Å². The molecule has 0 heterocycles. The lowest BCUT2D eigenvalue weighted by atomic mass is 10.1. The molecule has 12 heteroatoms. The van der Waals surface area contributed by atoms with Gasteiger partial charge in [-0.05, 0) is 62.6 Å². The maximum Gasteiger partial charge on any atom is 0.416 e. The third-order valence-corrected chi connectivity index (χ3v) is 7.14. The molecule has 0 aromatic heterocycles. The van der Waals surface area contributed by atoms with E-state index in [4.69, 9.17) is 4.74 Å². The first-order valence-corrected chi connectivity index (χ1v) is 14.4. The van der Waals surface area contributed by atoms with Gasteiger partial charge in [0, 0.05) is 25.6 Å².